The van der Waals surface area contributed by atoms with Crippen LogP contribution in [0.15, 0.2) is 4.42 Å². The topological polar surface area (TPSA) is 85.5 Å². The summed E-state index contributed by atoms with van der Waals surface area (Å²) in [6.07, 6.45) is 4.28. The summed E-state index contributed by atoms with van der Waals surface area (Å²) < 4.78 is 11.3. The molecule has 0 aromatic carbocycles. The number of aliphatic carboxylic acids is 1. The van der Waals surface area contributed by atoms with Crippen LogP contribution in [0, 0.1) is 0 Å². The number of ether oxygens (including phenoxy) is 1. The third-order valence-electron chi connectivity index (χ3n) is 3.44. The van der Waals surface area contributed by atoms with Crippen LogP contribution in [0.3, 0.4) is 0 Å². The lowest BCUT2D eigenvalue weighted by molar-refractivity contribution is -0.137. The smallest absolute Gasteiger partial charge is 0.303 e. The maximum atomic E-state index is 10.4. The highest BCUT2D eigenvalue weighted by molar-refractivity contribution is 5.66. The summed E-state index contributed by atoms with van der Waals surface area (Å²) in [6, 6.07) is 0. The lowest BCUT2D eigenvalue weighted by atomic mass is 10.00. The SMILES string of the molecule is CCC1OCCC1c1nnc(CCCCC(=O)O)o1. The van der Waals surface area contributed by atoms with Gasteiger partial charge in [-0.1, -0.05) is 6.92 Å². The molecule has 6 nitrogen and oxygen atoms in total. The van der Waals surface area contributed by atoms with Crippen LogP contribution in [-0.4, -0.2) is 34.0 Å². The first-order valence-electron chi connectivity index (χ1n) is 6.86. The number of unbranched alkanes of at least 4 members (excludes halogenated alkanes) is 1. The van der Waals surface area contributed by atoms with Gasteiger partial charge < -0.3 is 14.3 Å². The molecule has 19 heavy (non-hydrogen) atoms. The number of aromatic nitrogens is 2. The second-order valence-corrected chi connectivity index (χ2v) is 4.85. The fourth-order valence-corrected chi connectivity index (χ4v) is 2.40. The Balaban J connectivity index is 1.83. The molecule has 1 saturated heterocycles. The van der Waals surface area contributed by atoms with Crippen LogP contribution in [0.1, 0.15) is 56.7 Å². The quantitative estimate of drug-likeness (QED) is 0.762. The van der Waals surface area contributed by atoms with Gasteiger partial charge in [-0.05, 0) is 25.7 Å². The molecule has 1 aliphatic rings. The minimum Gasteiger partial charge on any atom is -0.481 e. The molecule has 0 amide bonds. The molecule has 6 heteroatoms. The summed E-state index contributed by atoms with van der Waals surface area (Å²) in [5.74, 6) is 0.713. The number of carboxylic acids is 1. The average Bonchev–Trinajstić information content (AvgIpc) is 3.02. The lowest BCUT2D eigenvalue weighted by Crippen LogP contribution is -2.13. The van der Waals surface area contributed by atoms with Gasteiger partial charge in [0.15, 0.2) is 0 Å². The van der Waals surface area contributed by atoms with E-state index in [2.05, 4.69) is 17.1 Å². The zero-order chi connectivity index (χ0) is 13.7. The largest absolute Gasteiger partial charge is 0.481 e. The molecule has 0 bridgehead atoms. The number of rotatable bonds is 7. The fraction of sp³-hybridized carbons (Fsp3) is 0.769. The van der Waals surface area contributed by atoms with Crippen molar-refractivity contribution in [3.8, 4) is 0 Å². The van der Waals surface area contributed by atoms with Crippen LogP contribution >= 0.6 is 0 Å². The molecule has 0 aliphatic carbocycles. The van der Waals surface area contributed by atoms with Crippen LogP contribution in [-0.2, 0) is 16.0 Å². The van der Waals surface area contributed by atoms with E-state index in [0.717, 1.165) is 25.9 Å². The summed E-state index contributed by atoms with van der Waals surface area (Å²) in [7, 11) is 0. The summed E-state index contributed by atoms with van der Waals surface area (Å²) in [5, 5.41) is 16.7. The molecule has 1 aromatic heterocycles. The number of aryl methyl sites for hydroxylation is 1. The molecule has 106 valence electrons. The van der Waals surface area contributed by atoms with Crippen molar-refractivity contribution in [1.82, 2.24) is 10.2 Å². The second-order valence-electron chi connectivity index (χ2n) is 4.85. The number of hydrogen-bond donors (Lipinski definition) is 1. The molecule has 1 fully saturated rings. The van der Waals surface area contributed by atoms with Gasteiger partial charge in [0.2, 0.25) is 11.8 Å². The van der Waals surface area contributed by atoms with E-state index < -0.39 is 5.97 Å². The average molecular weight is 268 g/mol. The Hall–Kier alpha value is -1.43. The third-order valence-corrected chi connectivity index (χ3v) is 3.44. The van der Waals surface area contributed by atoms with Crippen molar-refractivity contribution in [2.24, 2.45) is 0 Å². The summed E-state index contributed by atoms with van der Waals surface area (Å²) in [4.78, 5) is 10.4. The Morgan fingerprint density at radius 3 is 3.00 bits per heavy atom. The predicted molar refractivity (Wildman–Crippen MR) is 66.9 cm³/mol. The highest BCUT2D eigenvalue weighted by Crippen LogP contribution is 2.32. The first-order valence-corrected chi connectivity index (χ1v) is 6.86. The summed E-state index contributed by atoms with van der Waals surface area (Å²) in [6.45, 7) is 2.84. The molecule has 1 aromatic rings. The Bertz CT molecular complexity index is 419. The van der Waals surface area contributed by atoms with E-state index in [1.54, 1.807) is 0 Å². The van der Waals surface area contributed by atoms with Gasteiger partial charge in [-0.3, -0.25) is 4.79 Å². The van der Waals surface area contributed by atoms with Crippen molar-refractivity contribution in [3.63, 3.8) is 0 Å². The summed E-state index contributed by atoms with van der Waals surface area (Å²) >= 11 is 0. The van der Waals surface area contributed by atoms with Gasteiger partial charge in [0.05, 0.1) is 12.0 Å². The van der Waals surface area contributed by atoms with E-state index >= 15 is 0 Å². The minimum absolute atomic E-state index is 0.181. The Labute approximate surface area is 112 Å². The van der Waals surface area contributed by atoms with Gasteiger partial charge in [0, 0.05) is 19.4 Å². The Kier molecular flexibility index (Phi) is 4.90. The van der Waals surface area contributed by atoms with E-state index in [4.69, 9.17) is 14.3 Å². The first-order chi connectivity index (χ1) is 9.20. The van der Waals surface area contributed by atoms with Crippen molar-refractivity contribution in [2.45, 2.75) is 57.5 Å². The maximum absolute atomic E-state index is 10.4. The molecule has 2 rings (SSSR count). The van der Waals surface area contributed by atoms with Gasteiger partial charge >= 0.3 is 5.97 Å². The summed E-state index contributed by atoms with van der Waals surface area (Å²) in [5.41, 5.74) is 0. The van der Waals surface area contributed by atoms with Gasteiger partial charge in [-0.25, -0.2) is 0 Å². The molecule has 0 radical (unpaired) electrons. The van der Waals surface area contributed by atoms with E-state index in [0.29, 0.717) is 24.6 Å². The second kappa shape index (κ2) is 6.65. The highest BCUT2D eigenvalue weighted by Gasteiger charge is 2.32. The number of hydrogen-bond acceptors (Lipinski definition) is 5. The molecule has 1 N–H and O–H groups in total. The van der Waals surface area contributed by atoms with Crippen molar-refractivity contribution in [1.29, 1.82) is 0 Å². The van der Waals surface area contributed by atoms with Crippen molar-refractivity contribution in [2.75, 3.05) is 6.61 Å². The van der Waals surface area contributed by atoms with Gasteiger partial charge in [-0.15, -0.1) is 10.2 Å². The molecule has 2 unspecified atom stereocenters. The number of carbonyl (C=O) groups is 1. The van der Waals surface area contributed by atoms with Crippen LogP contribution in [0.5, 0.6) is 0 Å². The van der Waals surface area contributed by atoms with Crippen molar-refractivity contribution < 1.29 is 19.1 Å². The van der Waals surface area contributed by atoms with Gasteiger partial charge in [0.25, 0.3) is 0 Å². The zero-order valence-electron chi connectivity index (χ0n) is 11.2. The molecular formula is C13H20N2O4. The normalized spacial score (nSPS) is 22.8. The first kappa shape index (κ1) is 14.0. The fourth-order valence-electron chi connectivity index (χ4n) is 2.40. The van der Waals surface area contributed by atoms with Gasteiger partial charge in [0.1, 0.15) is 0 Å². The monoisotopic (exact) mass is 268 g/mol. The maximum Gasteiger partial charge on any atom is 0.303 e. The molecule has 0 spiro atoms. The molecule has 2 atom stereocenters. The minimum atomic E-state index is -0.764. The number of nitrogens with zero attached hydrogens (tertiary/aromatic N) is 2. The molecule has 2 heterocycles. The van der Waals surface area contributed by atoms with Crippen LogP contribution in [0.25, 0.3) is 0 Å². The third kappa shape index (κ3) is 3.76. The van der Waals surface area contributed by atoms with Crippen LogP contribution in [0.2, 0.25) is 0 Å². The standard InChI is InChI=1S/C13H20N2O4/c1-2-10-9(7-8-18-10)13-15-14-11(19-13)5-3-4-6-12(16)17/h9-10H,2-8H2,1H3,(H,16,17). The van der Waals surface area contributed by atoms with E-state index in [1.165, 1.54) is 0 Å². The van der Waals surface area contributed by atoms with Crippen molar-refractivity contribution >= 4 is 5.97 Å². The zero-order valence-corrected chi connectivity index (χ0v) is 11.2. The lowest BCUT2D eigenvalue weighted by Gasteiger charge is -2.11. The molecule has 1 aliphatic heterocycles. The molecule has 0 saturated carbocycles. The van der Waals surface area contributed by atoms with Crippen LogP contribution in [0.4, 0.5) is 0 Å². The van der Waals surface area contributed by atoms with Crippen molar-refractivity contribution in [3.05, 3.63) is 11.8 Å². The van der Waals surface area contributed by atoms with E-state index in [9.17, 15) is 4.79 Å². The highest BCUT2D eigenvalue weighted by atomic mass is 16.5. The van der Waals surface area contributed by atoms with E-state index in [1.807, 2.05) is 0 Å². The Morgan fingerprint density at radius 2 is 2.26 bits per heavy atom. The van der Waals surface area contributed by atoms with Gasteiger partial charge in [-0.2, -0.15) is 0 Å². The molecular weight excluding hydrogens is 248 g/mol. The Morgan fingerprint density at radius 1 is 1.42 bits per heavy atom. The van der Waals surface area contributed by atoms with Crippen LogP contribution < -0.4 is 0 Å². The van der Waals surface area contributed by atoms with E-state index in [-0.39, 0.29) is 18.4 Å². The predicted octanol–water partition coefficient (Wildman–Crippen LogP) is 2.15. The number of carboxylic acid groups (broad SMARTS) is 1.